The SMILES string of the molecule is c1cc2c(s1)CCNC21CCC1. The molecule has 1 N–H and O–H groups in total. The van der Waals surface area contributed by atoms with Gasteiger partial charge >= 0.3 is 0 Å². The number of rotatable bonds is 0. The highest BCUT2D eigenvalue weighted by molar-refractivity contribution is 7.10. The number of fused-ring (bicyclic) bond motifs is 2. The molecule has 1 saturated carbocycles. The van der Waals surface area contributed by atoms with Gasteiger partial charge in [-0.1, -0.05) is 0 Å². The summed E-state index contributed by atoms with van der Waals surface area (Å²) in [6.45, 7) is 1.19. The highest BCUT2D eigenvalue weighted by Crippen LogP contribution is 2.45. The van der Waals surface area contributed by atoms with E-state index in [1.807, 2.05) is 11.3 Å². The van der Waals surface area contributed by atoms with Gasteiger partial charge in [0, 0.05) is 17.0 Å². The van der Waals surface area contributed by atoms with Crippen molar-refractivity contribution in [2.24, 2.45) is 0 Å². The summed E-state index contributed by atoms with van der Waals surface area (Å²) in [5.74, 6) is 0. The van der Waals surface area contributed by atoms with Gasteiger partial charge in [0.2, 0.25) is 0 Å². The van der Waals surface area contributed by atoms with E-state index in [4.69, 9.17) is 0 Å². The standard InChI is InChI=1S/C10H13NS/c1-4-10(5-1)8-3-7-12-9(8)2-6-11-10/h3,7,11H,1-2,4-6H2. The lowest BCUT2D eigenvalue weighted by Crippen LogP contribution is -2.51. The Balaban J connectivity index is 2.09. The van der Waals surface area contributed by atoms with Crippen LogP contribution in [0.15, 0.2) is 11.4 Å². The van der Waals surface area contributed by atoms with Gasteiger partial charge in [-0.05, 0) is 42.7 Å². The molecule has 1 aromatic rings. The van der Waals surface area contributed by atoms with E-state index in [1.165, 1.54) is 32.2 Å². The second-order valence-corrected chi connectivity index (χ2v) is 4.87. The molecule has 0 saturated heterocycles. The summed E-state index contributed by atoms with van der Waals surface area (Å²) in [5, 5.41) is 5.93. The van der Waals surface area contributed by atoms with Gasteiger partial charge in [0.25, 0.3) is 0 Å². The molecule has 1 aromatic heterocycles. The van der Waals surface area contributed by atoms with E-state index in [0.29, 0.717) is 5.54 Å². The third-order valence-corrected chi connectivity index (χ3v) is 4.26. The topological polar surface area (TPSA) is 12.0 Å². The largest absolute Gasteiger partial charge is 0.307 e. The fourth-order valence-corrected chi connectivity index (χ4v) is 3.43. The number of hydrogen-bond donors (Lipinski definition) is 1. The molecule has 12 heavy (non-hydrogen) atoms. The quantitative estimate of drug-likeness (QED) is 0.644. The van der Waals surface area contributed by atoms with Crippen LogP contribution in [0.1, 0.15) is 29.7 Å². The molecule has 3 rings (SSSR count). The van der Waals surface area contributed by atoms with E-state index in [9.17, 15) is 0 Å². The molecule has 64 valence electrons. The predicted octanol–water partition coefficient (Wildman–Crippen LogP) is 2.27. The van der Waals surface area contributed by atoms with Crippen LogP contribution in [0, 0.1) is 0 Å². The van der Waals surface area contributed by atoms with Crippen LogP contribution in [0.25, 0.3) is 0 Å². The van der Waals surface area contributed by atoms with Crippen molar-refractivity contribution in [3.63, 3.8) is 0 Å². The molecule has 1 spiro atoms. The lowest BCUT2D eigenvalue weighted by molar-refractivity contribution is 0.177. The first-order valence-electron chi connectivity index (χ1n) is 4.73. The molecule has 2 heteroatoms. The fourth-order valence-electron chi connectivity index (χ4n) is 2.45. The number of thiophene rings is 1. The molecular formula is C10H13NS. The molecule has 0 radical (unpaired) electrons. The summed E-state index contributed by atoms with van der Waals surface area (Å²) in [5.41, 5.74) is 2.04. The van der Waals surface area contributed by atoms with Crippen molar-refractivity contribution < 1.29 is 0 Å². The molecule has 2 heterocycles. The molecule has 0 aromatic carbocycles. The number of hydrogen-bond acceptors (Lipinski definition) is 2. The van der Waals surface area contributed by atoms with Gasteiger partial charge in [-0.3, -0.25) is 0 Å². The van der Waals surface area contributed by atoms with Crippen molar-refractivity contribution in [1.82, 2.24) is 5.32 Å². The van der Waals surface area contributed by atoms with E-state index in [0.717, 1.165) is 0 Å². The van der Waals surface area contributed by atoms with Crippen molar-refractivity contribution in [1.29, 1.82) is 0 Å². The highest BCUT2D eigenvalue weighted by atomic mass is 32.1. The van der Waals surface area contributed by atoms with Gasteiger partial charge in [-0.15, -0.1) is 11.3 Å². The van der Waals surface area contributed by atoms with E-state index in [2.05, 4.69) is 16.8 Å². The van der Waals surface area contributed by atoms with Gasteiger partial charge < -0.3 is 5.32 Å². The van der Waals surface area contributed by atoms with E-state index in [-0.39, 0.29) is 0 Å². The van der Waals surface area contributed by atoms with Gasteiger partial charge in [-0.25, -0.2) is 0 Å². The summed E-state index contributed by atoms with van der Waals surface area (Å²) in [4.78, 5) is 1.63. The molecule has 1 fully saturated rings. The summed E-state index contributed by atoms with van der Waals surface area (Å²) in [7, 11) is 0. The Bertz CT molecular complexity index is 299. The van der Waals surface area contributed by atoms with Gasteiger partial charge in [0.15, 0.2) is 0 Å². The summed E-state index contributed by atoms with van der Waals surface area (Å²) >= 11 is 1.94. The zero-order chi connectivity index (χ0) is 8.02. The van der Waals surface area contributed by atoms with E-state index < -0.39 is 0 Å². The lowest BCUT2D eigenvalue weighted by Gasteiger charge is -2.45. The summed E-state index contributed by atoms with van der Waals surface area (Å²) in [6, 6.07) is 2.32. The van der Waals surface area contributed by atoms with E-state index >= 15 is 0 Å². The molecule has 1 aliphatic carbocycles. The van der Waals surface area contributed by atoms with Crippen LogP contribution in [0.4, 0.5) is 0 Å². The van der Waals surface area contributed by atoms with Gasteiger partial charge in [0.05, 0.1) is 0 Å². The maximum Gasteiger partial charge on any atom is 0.0445 e. The summed E-state index contributed by atoms with van der Waals surface area (Å²) in [6.07, 6.45) is 5.37. The van der Waals surface area contributed by atoms with Crippen molar-refractivity contribution in [3.05, 3.63) is 21.9 Å². The van der Waals surface area contributed by atoms with Crippen molar-refractivity contribution in [2.75, 3.05) is 6.54 Å². The maximum absolute atomic E-state index is 3.68. The molecule has 1 aliphatic heterocycles. The van der Waals surface area contributed by atoms with Crippen LogP contribution in [0.3, 0.4) is 0 Å². The molecule has 1 nitrogen and oxygen atoms in total. The smallest absolute Gasteiger partial charge is 0.0445 e. The minimum Gasteiger partial charge on any atom is -0.307 e. The third-order valence-electron chi connectivity index (χ3n) is 3.28. The van der Waals surface area contributed by atoms with Crippen molar-refractivity contribution >= 4 is 11.3 Å². The highest BCUT2D eigenvalue weighted by Gasteiger charge is 2.41. The Hall–Kier alpha value is -0.340. The molecular weight excluding hydrogens is 166 g/mol. The second-order valence-electron chi connectivity index (χ2n) is 3.87. The minimum absolute atomic E-state index is 0.424. The Morgan fingerprint density at radius 2 is 2.33 bits per heavy atom. The molecule has 0 bridgehead atoms. The van der Waals surface area contributed by atoms with Crippen molar-refractivity contribution in [2.45, 2.75) is 31.2 Å². The minimum atomic E-state index is 0.424. The molecule has 0 atom stereocenters. The molecule has 0 amide bonds. The Kier molecular flexibility index (Phi) is 1.38. The van der Waals surface area contributed by atoms with Crippen LogP contribution in [-0.2, 0) is 12.0 Å². The second kappa shape index (κ2) is 2.33. The van der Waals surface area contributed by atoms with Gasteiger partial charge in [-0.2, -0.15) is 0 Å². The Labute approximate surface area is 76.8 Å². The van der Waals surface area contributed by atoms with Crippen molar-refractivity contribution in [3.8, 4) is 0 Å². The van der Waals surface area contributed by atoms with Crippen LogP contribution < -0.4 is 5.32 Å². The zero-order valence-corrected chi connectivity index (χ0v) is 7.91. The molecule has 2 aliphatic rings. The van der Waals surface area contributed by atoms with E-state index in [1.54, 1.807) is 10.4 Å². The monoisotopic (exact) mass is 179 g/mol. The normalized spacial score (nSPS) is 25.0. The maximum atomic E-state index is 3.68. The van der Waals surface area contributed by atoms with Crippen LogP contribution in [-0.4, -0.2) is 6.54 Å². The number of nitrogens with one attached hydrogen (secondary N) is 1. The first kappa shape index (κ1) is 7.10. The first-order chi connectivity index (χ1) is 5.91. The van der Waals surface area contributed by atoms with Crippen LogP contribution >= 0.6 is 11.3 Å². The average Bonchev–Trinajstić information content (AvgIpc) is 2.47. The predicted molar refractivity (Wildman–Crippen MR) is 51.6 cm³/mol. The van der Waals surface area contributed by atoms with Crippen LogP contribution in [0.5, 0.6) is 0 Å². The van der Waals surface area contributed by atoms with Crippen LogP contribution in [0.2, 0.25) is 0 Å². The molecule has 0 unspecified atom stereocenters. The summed E-state index contributed by atoms with van der Waals surface area (Å²) < 4.78 is 0. The Morgan fingerprint density at radius 1 is 1.42 bits per heavy atom. The third kappa shape index (κ3) is 0.771. The average molecular weight is 179 g/mol. The lowest BCUT2D eigenvalue weighted by atomic mass is 9.70. The zero-order valence-electron chi connectivity index (χ0n) is 7.10. The first-order valence-corrected chi connectivity index (χ1v) is 5.61. The van der Waals surface area contributed by atoms with Gasteiger partial charge in [0.1, 0.15) is 0 Å². The Morgan fingerprint density at radius 3 is 3.08 bits per heavy atom. The fraction of sp³-hybridized carbons (Fsp3) is 0.600.